The fourth-order valence-electron chi connectivity index (χ4n) is 2.17. The minimum absolute atomic E-state index is 0.129. The summed E-state index contributed by atoms with van der Waals surface area (Å²) < 4.78 is 4.92. The third-order valence-corrected chi connectivity index (χ3v) is 3.85. The number of carbonyl (C=O) groups excluding carboxylic acids is 2. The predicted octanol–water partition coefficient (Wildman–Crippen LogP) is 4.41. The van der Waals surface area contributed by atoms with E-state index in [1.165, 1.54) is 12.1 Å². The quantitative estimate of drug-likeness (QED) is 0.329. The Labute approximate surface area is 149 Å². The third kappa shape index (κ3) is 4.64. The summed E-state index contributed by atoms with van der Waals surface area (Å²) in [5, 5.41) is 11.1. The number of nitrogens with zero attached hydrogens (tertiary/aromatic N) is 1. The van der Waals surface area contributed by atoms with E-state index < -0.39 is 23.2 Å². The molecule has 0 saturated carbocycles. The normalized spacial score (nSPS) is 10.6. The van der Waals surface area contributed by atoms with Crippen LogP contribution >= 0.6 is 11.6 Å². The number of ketones is 1. The van der Waals surface area contributed by atoms with E-state index in [9.17, 15) is 19.7 Å². The number of carbonyl (C=O) groups is 2. The molecule has 0 aromatic heterocycles. The second kappa shape index (κ2) is 7.90. The van der Waals surface area contributed by atoms with Crippen LogP contribution in [0.2, 0.25) is 5.02 Å². The van der Waals surface area contributed by atoms with Crippen molar-refractivity contribution < 1.29 is 19.2 Å². The van der Waals surface area contributed by atoms with E-state index in [4.69, 9.17) is 16.3 Å². The summed E-state index contributed by atoms with van der Waals surface area (Å²) in [5.41, 5.74) is 0.775. The highest BCUT2D eigenvalue weighted by atomic mass is 35.5. The van der Waals surface area contributed by atoms with Gasteiger partial charge in [-0.1, -0.05) is 49.7 Å². The maximum atomic E-state index is 12.1. The van der Waals surface area contributed by atoms with Gasteiger partial charge in [-0.05, 0) is 23.6 Å². The van der Waals surface area contributed by atoms with Crippen molar-refractivity contribution >= 4 is 29.0 Å². The minimum Gasteiger partial charge on any atom is -0.454 e. The maximum Gasteiger partial charge on any atom is 0.345 e. The summed E-state index contributed by atoms with van der Waals surface area (Å²) in [4.78, 5) is 34.4. The topological polar surface area (TPSA) is 86.5 Å². The van der Waals surface area contributed by atoms with Gasteiger partial charge in [0.05, 0.1) is 4.92 Å². The number of nitro groups is 1. The molecule has 7 heteroatoms. The molecule has 130 valence electrons. The van der Waals surface area contributed by atoms with Crippen LogP contribution in [0.1, 0.15) is 46.0 Å². The van der Waals surface area contributed by atoms with Crippen LogP contribution in [-0.4, -0.2) is 23.3 Å². The fourth-order valence-corrected chi connectivity index (χ4v) is 2.34. The summed E-state index contributed by atoms with van der Waals surface area (Å²) >= 11 is 5.70. The second-order valence-corrected chi connectivity index (χ2v) is 6.13. The molecule has 0 atom stereocenters. The first kappa shape index (κ1) is 18.6. The average molecular weight is 362 g/mol. The lowest BCUT2D eigenvalue weighted by atomic mass is 10.0. The standard InChI is InChI=1S/C18H16ClNO5/c1-11(2)12-3-5-13(6-4-12)17(21)10-25-18(22)15-8-7-14(19)9-16(15)20(23)24/h3-9,11H,10H2,1-2H3. The molecule has 0 spiro atoms. The van der Waals surface area contributed by atoms with Crippen molar-refractivity contribution in [1.29, 1.82) is 0 Å². The number of ether oxygens (including phenoxy) is 1. The van der Waals surface area contributed by atoms with Crippen LogP contribution in [0.4, 0.5) is 5.69 Å². The molecule has 0 amide bonds. The van der Waals surface area contributed by atoms with Crippen LogP contribution in [0.5, 0.6) is 0 Å². The molecule has 0 aliphatic carbocycles. The van der Waals surface area contributed by atoms with Crippen LogP contribution in [0.25, 0.3) is 0 Å². The van der Waals surface area contributed by atoms with Crippen molar-refractivity contribution in [2.75, 3.05) is 6.61 Å². The molecule has 6 nitrogen and oxygen atoms in total. The molecule has 2 rings (SSSR count). The molecule has 0 bridgehead atoms. The summed E-state index contributed by atoms with van der Waals surface area (Å²) in [7, 11) is 0. The van der Waals surface area contributed by atoms with Gasteiger partial charge in [-0.15, -0.1) is 0 Å². The van der Waals surface area contributed by atoms with E-state index in [1.807, 2.05) is 26.0 Å². The zero-order valence-corrected chi connectivity index (χ0v) is 14.4. The summed E-state index contributed by atoms with van der Waals surface area (Å²) in [6.45, 7) is 3.58. The van der Waals surface area contributed by atoms with Crippen LogP contribution in [0, 0.1) is 10.1 Å². The number of hydrogen-bond acceptors (Lipinski definition) is 5. The van der Waals surface area contributed by atoms with E-state index in [0.29, 0.717) is 11.5 Å². The van der Waals surface area contributed by atoms with Gasteiger partial charge in [0.15, 0.2) is 12.4 Å². The largest absolute Gasteiger partial charge is 0.454 e. The lowest BCUT2D eigenvalue weighted by molar-refractivity contribution is -0.385. The van der Waals surface area contributed by atoms with E-state index in [-0.39, 0.29) is 16.4 Å². The number of halogens is 1. The van der Waals surface area contributed by atoms with Gasteiger partial charge in [0.2, 0.25) is 0 Å². The third-order valence-electron chi connectivity index (χ3n) is 3.61. The number of esters is 1. The molecule has 25 heavy (non-hydrogen) atoms. The highest BCUT2D eigenvalue weighted by Crippen LogP contribution is 2.24. The molecule has 0 aliphatic rings. The Morgan fingerprint density at radius 2 is 1.80 bits per heavy atom. The van der Waals surface area contributed by atoms with Gasteiger partial charge in [0.25, 0.3) is 5.69 Å². The van der Waals surface area contributed by atoms with Gasteiger partial charge >= 0.3 is 5.97 Å². The number of benzene rings is 2. The van der Waals surface area contributed by atoms with E-state index in [1.54, 1.807) is 12.1 Å². The van der Waals surface area contributed by atoms with Gasteiger partial charge < -0.3 is 4.74 Å². The van der Waals surface area contributed by atoms with Gasteiger partial charge in [-0.25, -0.2) is 4.79 Å². The highest BCUT2D eigenvalue weighted by Gasteiger charge is 2.22. The Morgan fingerprint density at radius 3 is 2.36 bits per heavy atom. The molecule has 0 fully saturated rings. The molecule has 0 saturated heterocycles. The lowest BCUT2D eigenvalue weighted by Gasteiger charge is -2.07. The predicted molar refractivity (Wildman–Crippen MR) is 93.3 cm³/mol. The van der Waals surface area contributed by atoms with Gasteiger partial charge in [-0.3, -0.25) is 14.9 Å². The Balaban J connectivity index is 2.07. The van der Waals surface area contributed by atoms with Crippen molar-refractivity contribution in [1.82, 2.24) is 0 Å². The molecule has 0 N–H and O–H groups in total. The second-order valence-electron chi connectivity index (χ2n) is 5.69. The molecule has 0 unspecified atom stereocenters. The van der Waals surface area contributed by atoms with Crippen molar-refractivity contribution in [3.63, 3.8) is 0 Å². The Kier molecular flexibility index (Phi) is 5.88. The average Bonchev–Trinajstić information content (AvgIpc) is 2.59. The monoisotopic (exact) mass is 361 g/mol. The highest BCUT2D eigenvalue weighted by molar-refractivity contribution is 6.31. The zero-order valence-electron chi connectivity index (χ0n) is 13.7. The first-order valence-electron chi connectivity index (χ1n) is 7.54. The first-order chi connectivity index (χ1) is 11.8. The fraction of sp³-hybridized carbons (Fsp3) is 0.222. The first-order valence-corrected chi connectivity index (χ1v) is 7.91. The van der Waals surface area contributed by atoms with Crippen LogP contribution in [0.15, 0.2) is 42.5 Å². The molecule has 2 aromatic carbocycles. The summed E-state index contributed by atoms with van der Waals surface area (Å²) in [5.74, 6) is -0.997. The number of Topliss-reactive ketones (excluding diaryl/α,β-unsaturated/α-hetero) is 1. The zero-order chi connectivity index (χ0) is 18.6. The van der Waals surface area contributed by atoms with E-state index in [2.05, 4.69) is 0 Å². The summed E-state index contributed by atoms with van der Waals surface area (Å²) in [6, 6.07) is 10.6. The number of nitro benzene ring substituents is 1. The number of hydrogen-bond donors (Lipinski definition) is 0. The van der Waals surface area contributed by atoms with Gasteiger partial charge in [0.1, 0.15) is 5.56 Å². The smallest absolute Gasteiger partial charge is 0.345 e. The van der Waals surface area contributed by atoms with Gasteiger partial charge in [-0.2, -0.15) is 0 Å². The number of rotatable bonds is 6. The lowest BCUT2D eigenvalue weighted by Crippen LogP contribution is -2.15. The molecule has 0 radical (unpaired) electrons. The van der Waals surface area contributed by atoms with E-state index >= 15 is 0 Å². The Morgan fingerprint density at radius 1 is 1.16 bits per heavy atom. The van der Waals surface area contributed by atoms with E-state index in [0.717, 1.165) is 11.6 Å². The SMILES string of the molecule is CC(C)c1ccc(C(=O)COC(=O)c2ccc(Cl)cc2[N+](=O)[O-])cc1. The minimum atomic E-state index is -0.949. The van der Waals surface area contributed by atoms with Crippen LogP contribution in [-0.2, 0) is 4.74 Å². The Bertz CT molecular complexity index is 815. The van der Waals surface area contributed by atoms with Crippen molar-refractivity contribution in [3.8, 4) is 0 Å². The van der Waals surface area contributed by atoms with Gasteiger partial charge in [0, 0.05) is 16.7 Å². The van der Waals surface area contributed by atoms with Crippen molar-refractivity contribution in [3.05, 3.63) is 74.3 Å². The molecule has 0 aliphatic heterocycles. The van der Waals surface area contributed by atoms with Crippen molar-refractivity contribution in [2.24, 2.45) is 0 Å². The van der Waals surface area contributed by atoms with Crippen LogP contribution < -0.4 is 0 Å². The molecule has 2 aromatic rings. The maximum absolute atomic E-state index is 12.1. The molecular formula is C18H16ClNO5. The molecular weight excluding hydrogens is 346 g/mol. The van der Waals surface area contributed by atoms with Crippen molar-refractivity contribution in [2.45, 2.75) is 19.8 Å². The Hall–Kier alpha value is -2.73. The summed E-state index contributed by atoms with van der Waals surface area (Å²) in [6.07, 6.45) is 0. The molecule has 0 heterocycles. The van der Waals surface area contributed by atoms with Crippen LogP contribution in [0.3, 0.4) is 0 Å².